The minimum atomic E-state index is 0.174. The first-order valence-electron chi connectivity index (χ1n) is 10.5. The number of phenols is 1. The SMILES string of the molecule is CN(c1cnc(-c2ccc(-n3ccnc3)cc2O)cn1)[C@@H]1C[C@]2(C)CC[C@](C)(C1)N2. The molecule has 0 aliphatic carbocycles. The summed E-state index contributed by atoms with van der Waals surface area (Å²) in [7, 11) is 2.11. The predicted octanol–water partition coefficient (Wildman–Crippen LogP) is 3.53. The third-order valence-corrected chi connectivity index (χ3v) is 6.81. The fourth-order valence-corrected chi connectivity index (χ4v) is 5.24. The molecule has 2 N–H and O–H groups in total. The number of nitrogens with zero attached hydrogens (tertiary/aromatic N) is 5. The Kier molecular flexibility index (Phi) is 4.32. The van der Waals surface area contributed by atoms with E-state index in [4.69, 9.17) is 0 Å². The summed E-state index contributed by atoms with van der Waals surface area (Å²) in [6.07, 6.45) is 13.5. The Morgan fingerprint density at radius 3 is 2.50 bits per heavy atom. The molecule has 1 aromatic carbocycles. The van der Waals surface area contributed by atoms with Crippen LogP contribution >= 0.6 is 0 Å². The standard InChI is InChI=1S/C23H28N6O/c1-22-6-7-23(2,27-22)12-17(11-22)28(3)21-14-25-19(13-26-21)18-5-4-16(10-20(18)30)29-9-8-24-15-29/h4-5,8-10,13-15,17,27,30H,6-7,11-12H2,1-3H3/t17-,22+,23-. The number of aromatic hydroxyl groups is 1. The van der Waals surface area contributed by atoms with E-state index in [1.807, 2.05) is 29.1 Å². The van der Waals surface area contributed by atoms with E-state index in [0.29, 0.717) is 17.3 Å². The van der Waals surface area contributed by atoms with Crippen molar-refractivity contribution in [2.75, 3.05) is 11.9 Å². The van der Waals surface area contributed by atoms with Crippen molar-refractivity contribution < 1.29 is 5.11 Å². The monoisotopic (exact) mass is 404 g/mol. The number of imidazole rings is 1. The van der Waals surface area contributed by atoms with Gasteiger partial charge in [-0.25, -0.2) is 9.97 Å². The Hall–Kier alpha value is -2.93. The van der Waals surface area contributed by atoms with Crippen LogP contribution in [0.4, 0.5) is 5.82 Å². The first-order valence-corrected chi connectivity index (χ1v) is 10.5. The van der Waals surface area contributed by atoms with Gasteiger partial charge >= 0.3 is 0 Å². The van der Waals surface area contributed by atoms with Crippen molar-refractivity contribution in [3.05, 3.63) is 49.3 Å². The molecule has 30 heavy (non-hydrogen) atoms. The maximum Gasteiger partial charge on any atom is 0.147 e. The summed E-state index contributed by atoms with van der Waals surface area (Å²) in [6.45, 7) is 4.67. The largest absolute Gasteiger partial charge is 0.507 e. The average molecular weight is 405 g/mol. The molecule has 3 aromatic rings. The Morgan fingerprint density at radius 1 is 1.13 bits per heavy atom. The second-order valence-electron chi connectivity index (χ2n) is 9.35. The number of hydrogen-bond acceptors (Lipinski definition) is 6. The van der Waals surface area contributed by atoms with E-state index in [2.05, 4.69) is 46.1 Å². The predicted molar refractivity (Wildman–Crippen MR) is 117 cm³/mol. The number of hydrogen-bond donors (Lipinski definition) is 2. The van der Waals surface area contributed by atoms with Gasteiger partial charge in [-0.3, -0.25) is 4.98 Å². The van der Waals surface area contributed by atoms with Gasteiger partial charge in [0.15, 0.2) is 0 Å². The summed E-state index contributed by atoms with van der Waals surface area (Å²) in [5, 5.41) is 14.4. The summed E-state index contributed by atoms with van der Waals surface area (Å²) in [6, 6.07) is 5.95. The fourth-order valence-electron chi connectivity index (χ4n) is 5.24. The summed E-state index contributed by atoms with van der Waals surface area (Å²) < 4.78 is 1.85. The Balaban J connectivity index is 1.36. The van der Waals surface area contributed by atoms with Gasteiger partial charge in [-0.05, 0) is 51.7 Å². The van der Waals surface area contributed by atoms with Crippen LogP contribution in [0.25, 0.3) is 16.9 Å². The van der Waals surface area contributed by atoms with Gasteiger partial charge in [-0.2, -0.15) is 0 Å². The molecule has 4 heterocycles. The number of anilines is 1. The highest BCUT2D eigenvalue weighted by Crippen LogP contribution is 2.43. The Morgan fingerprint density at radius 2 is 1.90 bits per heavy atom. The van der Waals surface area contributed by atoms with E-state index >= 15 is 0 Å². The molecule has 2 bridgehead atoms. The number of fused-ring (bicyclic) bond motifs is 2. The number of aromatic nitrogens is 4. The molecule has 5 rings (SSSR count). The van der Waals surface area contributed by atoms with Crippen LogP contribution in [0.15, 0.2) is 49.3 Å². The van der Waals surface area contributed by atoms with Crippen LogP contribution in [0.2, 0.25) is 0 Å². The van der Waals surface area contributed by atoms with Gasteiger partial charge in [0.25, 0.3) is 0 Å². The molecule has 3 atom stereocenters. The lowest BCUT2D eigenvalue weighted by atomic mass is 9.84. The molecule has 2 aliphatic rings. The van der Waals surface area contributed by atoms with Gasteiger partial charge in [0.1, 0.15) is 11.6 Å². The van der Waals surface area contributed by atoms with E-state index in [1.165, 1.54) is 12.8 Å². The van der Waals surface area contributed by atoms with E-state index in [9.17, 15) is 5.11 Å². The van der Waals surface area contributed by atoms with Crippen molar-refractivity contribution in [3.63, 3.8) is 0 Å². The van der Waals surface area contributed by atoms with Crippen molar-refractivity contribution in [2.45, 2.75) is 56.7 Å². The van der Waals surface area contributed by atoms with Gasteiger partial charge in [-0.1, -0.05) is 0 Å². The molecule has 2 aliphatic heterocycles. The molecule has 7 heteroatoms. The molecule has 0 saturated carbocycles. The maximum atomic E-state index is 10.5. The highest BCUT2D eigenvalue weighted by atomic mass is 16.3. The van der Waals surface area contributed by atoms with Crippen LogP contribution < -0.4 is 10.2 Å². The topological polar surface area (TPSA) is 79.1 Å². The number of rotatable bonds is 4. The van der Waals surface area contributed by atoms with Gasteiger partial charge in [-0.15, -0.1) is 0 Å². The van der Waals surface area contributed by atoms with Crippen molar-refractivity contribution >= 4 is 5.82 Å². The average Bonchev–Trinajstić information content (AvgIpc) is 3.33. The molecule has 2 aromatic heterocycles. The van der Waals surface area contributed by atoms with Gasteiger partial charge in [0.05, 0.1) is 30.1 Å². The lowest BCUT2D eigenvalue weighted by Crippen LogP contribution is -2.58. The number of nitrogens with one attached hydrogen (secondary N) is 1. The summed E-state index contributed by atoms with van der Waals surface area (Å²) >= 11 is 0. The van der Waals surface area contributed by atoms with Gasteiger partial charge < -0.3 is 19.9 Å². The summed E-state index contributed by atoms with van der Waals surface area (Å²) in [5.41, 5.74) is 2.59. The molecule has 0 spiro atoms. The lowest BCUT2D eigenvalue weighted by Gasteiger charge is -2.45. The van der Waals surface area contributed by atoms with Crippen LogP contribution in [-0.2, 0) is 0 Å². The second-order valence-corrected chi connectivity index (χ2v) is 9.35. The molecule has 0 radical (unpaired) electrons. The van der Waals surface area contributed by atoms with E-state index in [1.54, 1.807) is 24.8 Å². The maximum absolute atomic E-state index is 10.5. The smallest absolute Gasteiger partial charge is 0.147 e. The lowest BCUT2D eigenvalue weighted by molar-refractivity contribution is 0.207. The number of benzene rings is 1. The van der Waals surface area contributed by atoms with Crippen molar-refractivity contribution in [1.29, 1.82) is 0 Å². The van der Waals surface area contributed by atoms with Crippen molar-refractivity contribution in [2.24, 2.45) is 0 Å². The van der Waals surface area contributed by atoms with E-state index in [0.717, 1.165) is 24.3 Å². The summed E-state index contributed by atoms with van der Waals surface area (Å²) in [5.74, 6) is 1.04. The molecular formula is C23H28N6O. The van der Waals surface area contributed by atoms with Crippen molar-refractivity contribution in [1.82, 2.24) is 24.8 Å². The first kappa shape index (κ1) is 19.1. The second kappa shape index (κ2) is 6.80. The molecule has 2 fully saturated rings. The molecule has 0 unspecified atom stereocenters. The van der Waals surface area contributed by atoms with E-state index < -0.39 is 0 Å². The zero-order valence-corrected chi connectivity index (χ0v) is 17.7. The molecule has 0 amide bonds. The highest BCUT2D eigenvalue weighted by molar-refractivity contribution is 5.68. The number of phenolic OH excluding ortho intramolecular Hbond substituents is 1. The van der Waals surface area contributed by atoms with Gasteiger partial charge in [0.2, 0.25) is 0 Å². The molecule has 156 valence electrons. The quantitative estimate of drug-likeness (QED) is 0.693. The first-order chi connectivity index (χ1) is 14.3. The van der Waals surface area contributed by atoms with Crippen LogP contribution in [0.3, 0.4) is 0 Å². The Labute approximate surface area is 176 Å². The number of piperidine rings is 1. The minimum Gasteiger partial charge on any atom is -0.507 e. The van der Waals surface area contributed by atoms with Gasteiger partial charge in [0, 0.05) is 48.2 Å². The van der Waals surface area contributed by atoms with Crippen LogP contribution in [0.5, 0.6) is 5.75 Å². The molecular weight excluding hydrogens is 376 g/mol. The van der Waals surface area contributed by atoms with Crippen LogP contribution in [0, 0.1) is 0 Å². The van der Waals surface area contributed by atoms with Crippen molar-refractivity contribution in [3.8, 4) is 22.7 Å². The van der Waals surface area contributed by atoms with E-state index in [-0.39, 0.29) is 16.8 Å². The fraction of sp³-hybridized carbons (Fsp3) is 0.435. The minimum absolute atomic E-state index is 0.174. The third-order valence-electron chi connectivity index (χ3n) is 6.81. The normalized spacial score (nSPS) is 27.9. The van der Waals surface area contributed by atoms with Crippen LogP contribution in [0.1, 0.15) is 39.5 Å². The molecule has 2 saturated heterocycles. The Bertz CT molecular complexity index is 1030. The zero-order valence-electron chi connectivity index (χ0n) is 17.7. The summed E-state index contributed by atoms with van der Waals surface area (Å²) in [4.78, 5) is 15.6. The molecule has 7 nitrogen and oxygen atoms in total. The zero-order chi connectivity index (χ0) is 20.9. The highest BCUT2D eigenvalue weighted by Gasteiger charge is 2.49. The third kappa shape index (κ3) is 3.33. The van der Waals surface area contributed by atoms with Crippen LogP contribution in [-0.4, -0.2) is 48.8 Å².